The number of ketones is 1. The standard InChI is InChI=1S/C14H10ClFO/c1-9-3-2-4-10(5-9)14(17)11-6-12(15)8-13(16)7-11/h2-8H,1H3. The third kappa shape index (κ3) is 2.71. The minimum Gasteiger partial charge on any atom is -0.289 e. The number of aryl methyl sites for hydroxylation is 1. The predicted octanol–water partition coefficient (Wildman–Crippen LogP) is 4.02. The quantitative estimate of drug-likeness (QED) is 0.734. The Labute approximate surface area is 104 Å². The fraction of sp³-hybridized carbons (Fsp3) is 0.0714. The summed E-state index contributed by atoms with van der Waals surface area (Å²) in [6.45, 7) is 1.90. The monoisotopic (exact) mass is 248 g/mol. The van der Waals surface area contributed by atoms with Gasteiger partial charge in [-0.05, 0) is 31.2 Å². The van der Waals surface area contributed by atoms with Crippen molar-refractivity contribution in [1.29, 1.82) is 0 Å². The van der Waals surface area contributed by atoms with Gasteiger partial charge in [-0.25, -0.2) is 4.39 Å². The highest BCUT2D eigenvalue weighted by molar-refractivity contribution is 6.31. The molecule has 0 saturated carbocycles. The maximum Gasteiger partial charge on any atom is 0.193 e. The van der Waals surface area contributed by atoms with Crippen molar-refractivity contribution in [3.05, 3.63) is 70.0 Å². The maximum atomic E-state index is 13.1. The Morgan fingerprint density at radius 2 is 1.88 bits per heavy atom. The molecule has 0 radical (unpaired) electrons. The molecule has 0 heterocycles. The topological polar surface area (TPSA) is 17.1 Å². The molecular formula is C14H10ClFO. The van der Waals surface area contributed by atoms with E-state index in [0.29, 0.717) is 5.56 Å². The number of carbonyl (C=O) groups excluding carboxylic acids is 1. The van der Waals surface area contributed by atoms with Gasteiger partial charge in [0, 0.05) is 16.1 Å². The number of hydrogen-bond donors (Lipinski definition) is 0. The lowest BCUT2D eigenvalue weighted by atomic mass is 10.0. The molecule has 0 spiro atoms. The summed E-state index contributed by atoms with van der Waals surface area (Å²) in [5.41, 5.74) is 1.78. The molecule has 0 saturated heterocycles. The van der Waals surface area contributed by atoms with Gasteiger partial charge in [-0.3, -0.25) is 4.79 Å². The summed E-state index contributed by atoms with van der Waals surface area (Å²) in [6, 6.07) is 11.0. The molecular weight excluding hydrogens is 239 g/mol. The van der Waals surface area contributed by atoms with Gasteiger partial charge < -0.3 is 0 Å². The molecule has 0 aliphatic rings. The summed E-state index contributed by atoms with van der Waals surface area (Å²) >= 11 is 5.72. The lowest BCUT2D eigenvalue weighted by Crippen LogP contribution is -2.02. The van der Waals surface area contributed by atoms with Crippen molar-refractivity contribution in [3.8, 4) is 0 Å². The van der Waals surface area contributed by atoms with E-state index in [2.05, 4.69) is 0 Å². The summed E-state index contributed by atoms with van der Waals surface area (Å²) in [7, 11) is 0. The van der Waals surface area contributed by atoms with Gasteiger partial charge in [0.1, 0.15) is 5.82 Å². The molecule has 0 unspecified atom stereocenters. The zero-order chi connectivity index (χ0) is 12.4. The molecule has 0 amide bonds. The molecule has 3 heteroatoms. The van der Waals surface area contributed by atoms with Crippen LogP contribution in [0.1, 0.15) is 21.5 Å². The zero-order valence-corrected chi connectivity index (χ0v) is 9.96. The highest BCUT2D eigenvalue weighted by Crippen LogP contribution is 2.17. The second-order valence-corrected chi connectivity index (χ2v) is 4.29. The number of hydrogen-bond acceptors (Lipinski definition) is 1. The van der Waals surface area contributed by atoms with Gasteiger partial charge in [-0.2, -0.15) is 0 Å². The third-order valence-corrected chi connectivity index (χ3v) is 2.62. The minimum atomic E-state index is -0.506. The fourth-order valence-corrected chi connectivity index (χ4v) is 1.86. The van der Waals surface area contributed by atoms with Gasteiger partial charge in [-0.15, -0.1) is 0 Å². The summed E-state index contributed by atoms with van der Waals surface area (Å²) in [6.07, 6.45) is 0. The van der Waals surface area contributed by atoms with Crippen molar-refractivity contribution in [3.63, 3.8) is 0 Å². The first-order valence-electron chi connectivity index (χ1n) is 5.14. The summed E-state index contributed by atoms with van der Waals surface area (Å²) in [5, 5.41) is 0.223. The van der Waals surface area contributed by atoms with Gasteiger partial charge in [0.05, 0.1) is 0 Å². The van der Waals surface area contributed by atoms with E-state index in [1.165, 1.54) is 18.2 Å². The van der Waals surface area contributed by atoms with E-state index in [1.54, 1.807) is 18.2 Å². The molecule has 0 fully saturated rings. The molecule has 17 heavy (non-hydrogen) atoms. The molecule has 0 aliphatic heterocycles. The maximum absolute atomic E-state index is 13.1. The van der Waals surface area contributed by atoms with Crippen LogP contribution in [0, 0.1) is 12.7 Å². The van der Waals surface area contributed by atoms with Crippen LogP contribution in [0.3, 0.4) is 0 Å². The first-order valence-corrected chi connectivity index (χ1v) is 5.51. The van der Waals surface area contributed by atoms with Crippen LogP contribution in [0.2, 0.25) is 5.02 Å². The zero-order valence-electron chi connectivity index (χ0n) is 9.21. The molecule has 0 bridgehead atoms. The number of rotatable bonds is 2. The molecule has 2 aromatic rings. The Morgan fingerprint density at radius 1 is 1.12 bits per heavy atom. The van der Waals surface area contributed by atoms with Crippen molar-refractivity contribution < 1.29 is 9.18 Å². The first-order chi connectivity index (χ1) is 8.06. The van der Waals surface area contributed by atoms with Gasteiger partial charge in [0.2, 0.25) is 0 Å². The summed E-state index contributed by atoms with van der Waals surface area (Å²) < 4.78 is 13.1. The largest absolute Gasteiger partial charge is 0.289 e. The SMILES string of the molecule is Cc1cccc(C(=O)c2cc(F)cc(Cl)c2)c1. The lowest BCUT2D eigenvalue weighted by molar-refractivity contribution is 0.103. The van der Waals surface area contributed by atoms with Crippen LogP contribution < -0.4 is 0 Å². The molecule has 0 aliphatic carbocycles. The molecule has 0 aromatic heterocycles. The third-order valence-electron chi connectivity index (χ3n) is 2.41. The number of halogens is 2. The molecule has 0 atom stereocenters. The Hall–Kier alpha value is -1.67. The Morgan fingerprint density at radius 3 is 2.53 bits per heavy atom. The summed E-state index contributed by atoms with van der Waals surface area (Å²) in [4.78, 5) is 12.1. The van der Waals surface area contributed by atoms with E-state index in [9.17, 15) is 9.18 Å². The van der Waals surface area contributed by atoms with Crippen LogP contribution in [-0.2, 0) is 0 Å². The van der Waals surface area contributed by atoms with Crippen LogP contribution in [0.4, 0.5) is 4.39 Å². The predicted molar refractivity (Wildman–Crippen MR) is 66.0 cm³/mol. The van der Waals surface area contributed by atoms with Gasteiger partial charge in [0.15, 0.2) is 5.78 Å². The fourth-order valence-electron chi connectivity index (χ4n) is 1.64. The summed E-state index contributed by atoms with van der Waals surface area (Å²) in [5.74, 6) is -0.733. The van der Waals surface area contributed by atoms with Crippen molar-refractivity contribution in [1.82, 2.24) is 0 Å². The van der Waals surface area contributed by atoms with Crippen LogP contribution >= 0.6 is 11.6 Å². The van der Waals surface area contributed by atoms with Gasteiger partial charge >= 0.3 is 0 Å². The van der Waals surface area contributed by atoms with Crippen molar-refractivity contribution >= 4 is 17.4 Å². The highest BCUT2D eigenvalue weighted by atomic mass is 35.5. The molecule has 0 N–H and O–H groups in total. The van der Waals surface area contributed by atoms with Crippen LogP contribution in [0.25, 0.3) is 0 Å². The normalized spacial score (nSPS) is 10.3. The van der Waals surface area contributed by atoms with Crippen molar-refractivity contribution in [2.24, 2.45) is 0 Å². The second-order valence-electron chi connectivity index (χ2n) is 3.86. The van der Waals surface area contributed by atoms with Crippen LogP contribution in [0.15, 0.2) is 42.5 Å². The molecule has 2 rings (SSSR count). The highest BCUT2D eigenvalue weighted by Gasteiger charge is 2.11. The van der Waals surface area contributed by atoms with E-state index in [4.69, 9.17) is 11.6 Å². The smallest absolute Gasteiger partial charge is 0.193 e. The average molecular weight is 249 g/mol. The van der Waals surface area contributed by atoms with E-state index in [1.807, 2.05) is 13.0 Å². The van der Waals surface area contributed by atoms with E-state index in [-0.39, 0.29) is 16.4 Å². The van der Waals surface area contributed by atoms with Crippen molar-refractivity contribution in [2.75, 3.05) is 0 Å². The van der Waals surface area contributed by atoms with E-state index < -0.39 is 5.82 Å². The number of benzene rings is 2. The average Bonchev–Trinajstić information content (AvgIpc) is 2.26. The Kier molecular flexibility index (Phi) is 3.25. The van der Waals surface area contributed by atoms with E-state index >= 15 is 0 Å². The van der Waals surface area contributed by atoms with Gasteiger partial charge in [0.25, 0.3) is 0 Å². The second kappa shape index (κ2) is 4.68. The molecule has 1 nitrogen and oxygen atoms in total. The first kappa shape index (κ1) is 11.8. The van der Waals surface area contributed by atoms with Crippen LogP contribution in [-0.4, -0.2) is 5.78 Å². The minimum absolute atomic E-state index is 0.223. The van der Waals surface area contributed by atoms with Crippen LogP contribution in [0.5, 0.6) is 0 Å². The molecule has 2 aromatic carbocycles. The van der Waals surface area contributed by atoms with Gasteiger partial charge in [-0.1, -0.05) is 35.4 Å². The molecule has 86 valence electrons. The Balaban J connectivity index is 2.43. The lowest BCUT2D eigenvalue weighted by Gasteiger charge is -2.03. The Bertz CT molecular complexity index is 558. The van der Waals surface area contributed by atoms with E-state index in [0.717, 1.165) is 5.56 Å². The van der Waals surface area contributed by atoms with Crippen molar-refractivity contribution in [2.45, 2.75) is 6.92 Å². The number of carbonyl (C=O) groups is 1.